The van der Waals surface area contributed by atoms with Gasteiger partial charge in [-0.15, -0.1) is 0 Å². The number of halogens is 1. The fourth-order valence-corrected chi connectivity index (χ4v) is 3.18. The van der Waals surface area contributed by atoms with Gasteiger partial charge in [0.2, 0.25) is 5.91 Å². The van der Waals surface area contributed by atoms with Crippen LogP contribution in [0.4, 0.5) is 5.69 Å². The van der Waals surface area contributed by atoms with E-state index in [0.29, 0.717) is 5.56 Å². The van der Waals surface area contributed by atoms with Gasteiger partial charge in [-0.25, -0.2) is 4.68 Å². The molecule has 1 N–H and O–H groups in total. The highest BCUT2D eigenvalue weighted by Gasteiger charge is 2.16. The van der Waals surface area contributed by atoms with Crippen LogP contribution in [0.5, 0.6) is 0 Å². The molecule has 28 heavy (non-hydrogen) atoms. The second-order valence-electron chi connectivity index (χ2n) is 6.63. The molecule has 0 fully saturated rings. The van der Waals surface area contributed by atoms with Gasteiger partial charge in [0.15, 0.2) is 0 Å². The monoisotopic (exact) mass is 440 g/mol. The van der Waals surface area contributed by atoms with Crippen molar-refractivity contribution in [2.24, 2.45) is 0 Å². The van der Waals surface area contributed by atoms with E-state index in [9.17, 15) is 9.59 Å². The lowest BCUT2D eigenvalue weighted by molar-refractivity contribution is -0.116. The quantitative estimate of drug-likeness (QED) is 0.652. The van der Waals surface area contributed by atoms with E-state index >= 15 is 0 Å². The molecular formula is C21H21BrN4O2. The smallest absolute Gasteiger partial charge is 0.254 e. The van der Waals surface area contributed by atoms with E-state index in [4.69, 9.17) is 0 Å². The number of likely N-dealkylation sites (N-methyl/N-ethyl adjacent to an activating group) is 1. The molecule has 0 atom stereocenters. The van der Waals surface area contributed by atoms with Gasteiger partial charge in [-0.05, 0) is 65.2 Å². The summed E-state index contributed by atoms with van der Waals surface area (Å²) in [4.78, 5) is 26.4. The Hall–Kier alpha value is -2.93. The predicted octanol–water partition coefficient (Wildman–Crippen LogP) is 3.96. The molecule has 3 rings (SSSR count). The van der Waals surface area contributed by atoms with Gasteiger partial charge in [-0.2, -0.15) is 5.10 Å². The standard InChI is InChI=1S/C21H21BrN4O2/c1-14-5-4-6-15(2)20(14)24-19(27)13-25(3)21(28)16-7-9-18(10-8-16)26-12-17(22)11-23-26/h4-12H,13H2,1-3H3,(H,24,27). The van der Waals surface area contributed by atoms with Crippen LogP contribution in [0, 0.1) is 13.8 Å². The lowest BCUT2D eigenvalue weighted by Crippen LogP contribution is -2.35. The molecule has 6 nitrogen and oxygen atoms in total. The van der Waals surface area contributed by atoms with Gasteiger partial charge < -0.3 is 10.2 Å². The molecular weight excluding hydrogens is 420 g/mol. The van der Waals surface area contributed by atoms with E-state index < -0.39 is 0 Å². The van der Waals surface area contributed by atoms with Crippen LogP contribution in [0.25, 0.3) is 5.69 Å². The first-order valence-corrected chi connectivity index (χ1v) is 9.56. The van der Waals surface area contributed by atoms with Crippen molar-refractivity contribution in [2.75, 3.05) is 18.9 Å². The van der Waals surface area contributed by atoms with Crippen molar-refractivity contribution in [2.45, 2.75) is 13.8 Å². The molecule has 0 radical (unpaired) electrons. The average molecular weight is 441 g/mol. The number of amides is 2. The molecule has 0 spiro atoms. The number of nitrogens with zero attached hydrogens (tertiary/aromatic N) is 3. The van der Waals surface area contributed by atoms with Crippen molar-refractivity contribution in [1.82, 2.24) is 14.7 Å². The maximum Gasteiger partial charge on any atom is 0.254 e. The Morgan fingerprint density at radius 3 is 2.32 bits per heavy atom. The number of carbonyl (C=O) groups is 2. The summed E-state index contributed by atoms with van der Waals surface area (Å²) in [6.45, 7) is 3.86. The lowest BCUT2D eigenvalue weighted by atomic mass is 10.1. The summed E-state index contributed by atoms with van der Waals surface area (Å²) in [5, 5.41) is 7.11. The van der Waals surface area contributed by atoms with Gasteiger partial charge in [-0.1, -0.05) is 18.2 Å². The van der Waals surface area contributed by atoms with E-state index in [1.165, 1.54) is 4.90 Å². The van der Waals surface area contributed by atoms with Crippen molar-refractivity contribution >= 4 is 33.4 Å². The summed E-state index contributed by atoms with van der Waals surface area (Å²) in [7, 11) is 1.62. The van der Waals surface area contributed by atoms with Crippen LogP contribution in [0.3, 0.4) is 0 Å². The second kappa shape index (κ2) is 8.39. The molecule has 0 aliphatic heterocycles. The Morgan fingerprint density at radius 2 is 1.75 bits per heavy atom. The van der Waals surface area contributed by atoms with Crippen LogP contribution < -0.4 is 5.32 Å². The van der Waals surface area contributed by atoms with Crippen LogP contribution in [0.1, 0.15) is 21.5 Å². The average Bonchev–Trinajstić information content (AvgIpc) is 3.10. The zero-order valence-corrected chi connectivity index (χ0v) is 17.5. The Labute approximate surface area is 172 Å². The third-order valence-corrected chi connectivity index (χ3v) is 4.81. The van der Waals surface area contributed by atoms with Crippen LogP contribution in [0.15, 0.2) is 59.3 Å². The molecule has 0 saturated carbocycles. The van der Waals surface area contributed by atoms with Gasteiger partial charge in [0.05, 0.1) is 22.9 Å². The maximum atomic E-state index is 12.6. The van der Waals surface area contributed by atoms with Crippen molar-refractivity contribution in [3.63, 3.8) is 0 Å². The van der Waals surface area contributed by atoms with E-state index in [0.717, 1.165) is 27.0 Å². The van der Waals surface area contributed by atoms with E-state index in [-0.39, 0.29) is 18.4 Å². The van der Waals surface area contributed by atoms with Gasteiger partial charge in [0.1, 0.15) is 0 Å². The first kappa shape index (κ1) is 19.8. The number of rotatable bonds is 5. The summed E-state index contributed by atoms with van der Waals surface area (Å²) in [5.41, 5.74) is 4.13. The number of para-hydroxylation sites is 1. The van der Waals surface area contributed by atoms with E-state index in [2.05, 4.69) is 26.3 Å². The van der Waals surface area contributed by atoms with Crippen molar-refractivity contribution in [1.29, 1.82) is 0 Å². The van der Waals surface area contributed by atoms with Crippen molar-refractivity contribution < 1.29 is 9.59 Å². The molecule has 0 saturated heterocycles. The molecule has 1 heterocycles. The largest absolute Gasteiger partial charge is 0.332 e. The highest BCUT2D eigenvalue weighted by Crippen LogP contribution is 2.19. The number of nitrogens with one attached hydrogen (secondary N) is 1. The fourth-order valence-electron chi connectivity index (χ4n) is 2.90. The van der Waals surface area contributed by atoms with E-state index in [1.54, 1.807) is 30.1 Å². The number of hydrogen-bond acceptors (Lipinski definition) is 3. The van der Waals surface area contributed by atoms with Crippen molar-refractivity contribution in [3.05, 3.63) is 76.0 Å². The van der Waals surface area contributed by atoms with Gasteiger partial charge in [-0.3, -0.25) is 9.59 Å². The normalized spacial score (nSPS) is 10.6. The molecule has 0 aliphatic rings. The lowest BCUT2D eigenvalue weighted by Gasteiger charge is -2.18. The summed E-state index contributed by atoms with van der Waals surface area (Å²) < 4.78 is 2.59. The number of aryl methyl sites for hydroxylation is 2. The molecule has 0 bridgehead atoms. The first-order valence-electron chi connectivity index (χ1n) is 8.77. The number of hydrogen-bond donors (Lipinski definition) is 1. The number of benzene rings is 2. The van der Waals surface area contributed by atoms with E-state index in [1.807, 2.05) is 50.4 Å². The first-order chi connectivity index (χ1) is 13.3. The zero-order valence-electron chi connectivity index (χ0n) is 15.9. The molecule has 144 valence electrons. The summed E-state index contributed by atoms with van der Waals surface area (Å²) in [6.07, 6.45) is 3.53. The number of anilines is 1. The van der Waals surface area contributed by atoms with Crippen molar-refractivity contribution in [3.8, 4) is 5.69 Å². The minimum absolute atomic E-state index is 0.0273. The predicted molar refractivity (Wildman–Crippen MR) is 113 cm³/mol. The SMILES string of the molecule is Cc1cccc(C)c1NC(=O)CN(C)C(=O)c1ccc(-n2cc(Br)cn2)cc1. The van der Waals surface area contributed by atoms with Gasteiger partial charge >= 0.3 is 0 Å². The topological polar surface area (TPSA) is 67.2 Å². The molecule has 7 heteroatoms. The van der Waals surface area contributed by atoms with Crippen LogP contribution in [-0.4, -0.2) is 40.1 Å². The summed E-state index contributed by atoms with van der Waals surface area (Å²) >= 11 is 3.36. The number of aromatic nitrogens is 2. The maximum absolute atomic E-state index is 12.6. The molecule has 3 aromatic rings. The fraction of sp³-hybridized carbons (Fsp3) is 0.190. The third kappa shape index (κ3) is 4.48. The highest BCUT2D eigenvalue weighted by molar-refractivity contribution is 9.10. The molecule has 0 unspecified atom stereocenters. The van der Waals surface area contributed by atoms with Crippen LogP contribution in [0.2, 0.25) is 0 Å². The molecule has 1 aromatic heterocycles. The van der Waals surface area contributed by atoms with Gasteiger partial charge in [0.25, 0.3) is 5.91 Å². The van der Waals surface area contributed by atoms with Crippen LogP contribution in [-0.2, 0) is 4.79 Å². The molecule has 0 aliphatic carbocycles. The third-order valence-electron chi connectivity index (χ3n) is 4.40. The highest BCUT2D eigenvalue weighted by atomic mass is 79.9. The minimum Gasteiger partial charge on any atom is -0.332 e. The Kier molecular flexibility index (Phi) is 5.94. The number of carbonyl (C=O) groups excluding carboxylic acids is 2. The van der Waals surface area contributed by atoms with Crippen LogP contribution >= 0.6 is 15.9 Å². The Bertz CT molecular complexity index is 991. The molecule has 2 amide bonds. The Morgan fingerprint density at radius 1 is 1.11 bits per heavy atom. The van der Waals surface area contributed by atoms with Gasteiger partial charge in [0, 0.05) is 24.5 Å². The Balaban J connectivity index is 1.64. The second-order valence-corrected chi connectivity index (χ2v) is 7.54. The minimum atomic E-state index is -0.230. The summed E-state index contributed by atoms with van der Waals surface area (Å²) in [5.74, 6) is -0.448. The molecule has 2 aromatic carbocycles. The summed E-state index contributed by atoms with van der Waals surface area (Å²) in [6, 6.07) is 12.9. The zero-order chi connectivity index (χ0) is 20.3.